The highest BCUT2D eigenvalue weighted by Gasteiger charge is 2.08. The van der Waals surface area contributed by atoms with Gasteiger partial charge in [0.25, 0.3) is 0 Å². The number of thioether (sulfide) groups is 1. The minimum atomic E-state index is 0.366. The Kier molecular flexibility index (Phi) is 2.43. The van der Waals surface area contributed by atoms with Gasteiger partial charge in [0.05, 0.1) is 5.52 Å². The van der Waals surface area contributed by atoms with E-state index in [2.05, 4.69) is 9.97 Å². The van der Waals surface area contributed by atoms with Crippen LogP contribution in [0.5, 0.6) is 0 Å². The van der Waals surface area contributed by atoms with Crippen LogP contribution in [0.25, 0.3) is 5.52 Å². The molecule has 0 atom stereocenters. The molecule has 0 bridgehead atoms. The van der Waals surface area contributed by atoms with Crippen LogP contribution in [0.4, 0.5) is 0 Å². The van der Waals surface area contributed by atoms with Crippen LogP contribution < -0.4 is 0 Å². The molecule has 0 unspecified atom stereocenters. The Bertz CT molecular complexity index is 497. The van der Waals surface area contributed by atoms with Gasteiger partial charge in [0.2, 0.25) is 0 Å². The summed E-state index contributed by atoms with van der Waals surface area (Å²) in [4.78, 5) is 18.7. The van der Waals surface area contributed by atoms with Crippen molar-refractivity contribution >= 4 is 35.2 Å². The average molecular weight is 228 g/mol. The minimum Gasteiger partial charge on any atom is -0.296 e. The highest BCUT2D eigenvalue weighted by Crippen LogP contribution is 2.20. The van der Waals surface area contributed by atoms with Crippen molar-refractivity contribution < 1.29 is 4.79 Å². The van der Waals surface area contributed by atoms with E-state index in [4.69, 9.17) is 11.6 Å². The third kappa shape index (κ3) is 1.38. The molecule has 6 heteroatoms. The molecule has 0 amide bonds. The van der Waals surface area contributed by atoms with E-state index < -0.39 is 0 Å². The summed E-state index contributed by atoms with van der Waals surface area (Å²) in [6, 6.07) is 1.62. The third-order valence-corrected chi connectivity index (χ3v) is 2.64. The Morgan fingerprint density at radius 1 is 1.64 bits per heavy atom. The number of aromatic nitrogens is 3. The Morgan fingerprint density at radius 2 is 2.43 bits per heavy atom. The summed E-state index contributed by atoms with van der Waals surface area (Å²) in [5.41, 5.74) is 1.06. The number of fused-ring (bicyclic) bond motifs is 1. The van der Waals surface area contributed by atoms with Crippen molar-refractivity contribution in [2.45, 2.75) is 5.16 Å². The van der Waals surface area contributed by atoms with Crippen molar-refractivity contribution in [3.8, 4) is 0 Å². The molecule has 0 spiro atoms. The number of halogens is 1. The zero-order chi connectivity index (χ0) is 10.1. The minimum absolute atomic E-state index is 0.366. The molecule has 0 saturated carbocycles. The molecule has 72 valence electrons. The van der Waals surface area contributed by atoms with Gasteiger partial charge in [-0.25, -0.2) is 9.97 Å². The van der Waals surface area contributed by atoms with Gasteiger partial charge in [0.1, 0.15) is 17.2 Å². The fraction of sp³-hybridized carbons (Fsp3) is 0.125. The Morgan fingerprint density at radius 3 is 3.07 bits per heavy atom. The van der Waals surface area contributed by atoms with Crippen LogP contribution in [0.1, 0.15) is 10.5 Å². The zero-order valence-electron chi connectivity index (χ0n) is 7.27. The van der Waals surface area contributed by atoms with E-state index >= 15 is 0 Å². The summed E-state index contributed by atoms with van der Waals surface area (Å²) in [7, 11) is 0. The normalized spacial score (nSPS) is 10.7. The van der Waals surface area contributed by atoms with Crippen LogP contribution in [0, 0.1) is 0 Å². The molecule has 2 heterocycles. The highest BCUT2D eigenvalue weighted by molar-refractivity contribution is 7.98. The SMILES string of the molecule is CSc1nc(Cl)cc2c(C=O)ncn12. The second kappa shape index (κ2) is 3.59. The molecular weight excluding hydrogens is 222 g/mol. The lowest BCUT2D eigenvalue weighted by Crippen LogP contribution is -1.93. The monoisotopic (exact) mass is 227 g/mol. The molecule has 0 aliphatic rings. The first-order valence-electron chi connectivity index (χ1n) is 3.79. The smallest absolute Gasteiger partial charge is 0.175 e. The van der Waals surface area contributed by atoms with Crippen LogP contribution in [-0.4, -0.2) is 26.9 Å². The van der Waals surface area contributed by atoms with E-state index in [0.717, 1.165) is 0 Å². The fourth-order valence-corrected chi connectivity index (χ4v) is 1.96. The van der Waals surface area contributed by atoms with Crippen LogP contribution in [0.2, 0.25) is 5.15 Å². The Hall–Kier alpha value is -1.07. The first-order valence-corrected chi connectivity index (χ1v) is 5.39. The van der Waals surface area contributed by atoms with Crippen LogP contribution >= 0.6 is 23.4 Å². The first kappa shape index (κ1) is 9.48. The van der Waals surface area contributed by atoms with E-state index in [-0.39, 0.29) is 0 Å². The average Bonchev–Trinajstić information content (AvgIpc) is 2.59. The van der Waals surface area contributed by atoms with E-state index in [0.29, 0.717) is 27.8 Å². The summed E-state index contributed by atoms with van der Waals surface area (Å²) in [5, 5.41) is 1.08. The van der Waals surface area contributed by atoms with Crippen molar-refractivity contribution in [2.24, 2.45) is 0 Å². The van der Waals surface area contributed by atoms with Gasteiger partial charge < -0.3 is 0 Å². The molecule has 0 aromatic carbocycles. The lowest BCUT2D eigenvalue weighted by atomic mass is 10.4. The maximum Gasteiger partial charge on any atom is 0.175 e. The van der Waals surface area contributed by atoms with Gasteiger partial charge in [-0.15, -0.1) is 0 Å². The van der Waals surface area contributed by atoms with Gasteiger partial charge in [-0.2, -0.15) is 0 Å². The maximum absolute atomic E-state index is 10.6. The standard InChI is InChI=1S/C8H6ClN3OS/c1-14-8-11-7(9)2-6-5(3-13)10-4-12(6)8/h2-4H,1H3. The van der Waals surface area contributed by atoms with E-state index in [1.165, 1.54) is 11.8 Å². The molecule has 2 aromatic heterocycles. The van der Waals surface area contributed by atoms with Crippen molar-refractivity contribution in [3.63, 3.8) is 0 Å². The van der Waals surface area contributed by atoms with Crippen molar-refractivity contribution in [3.05, 3.63) is 23.2 Å². The number of imidazole rings is 1. The highest BCUT2D eigenvalue weighted by atomic mass is 35.5. The van der Waals surface area contributed by atoms with Crippen molar-refractivity contribution in [2.75, 3.05) is 6.26 Å². The number of rotatable bonds is 2. The van der Waals surface area contributed by atoms with E-state index in [9.17, 15) is 4.79 Å². The number of carbonyl (C=O) groups excluding carboxylic acids is 1. The van der Waals surface area contributed by atoms with Crippen LogP contribution in [0.15, 0.2) is 17.6 Å². The lowest BCUT2D eigenvalue weighted by molar-refractivity contribution is 0.112. The van der Waals surface area contributed by atoms with Crippen LogP contribution in [-0.2, 0) is 0 Å². The molecule has 0 N–H and O–H groups in total. The maximum atomic E-state index is 10.6. The Balaban J connectivity index is 2.83. The fourth-order valence-electron chi connectivity index (χ4n) is 1.19. The largest absolute Gasteiger partial charge is 0.296 e. The molecule has 14 heavy (non-hydrogen) atoms. The van der Waals surface area contributed by atoms with E-state index in [1.807, 2.05) is 6.26 Å². The first-order chi connectivity index (χ1) is 6.76. The Labute approximate surface area is 89.3 Å². The molecule has 0 saturated heterocycles. The van der Waals surface area contributed by atoms with Crippen molar-refractivity contribution in [1.29, 1.82) is 0 Å². The summed E-state index contributed by atoms with van der Waals surface area (Å²) < 4.78 is 1.74. The molecule has 0 radical (unpaired) electrons. The van der Waals surface area contributed by atoms with Gasteiger partial charge in [-0.05, 0) is 6.26 Å². The number of carbonyl (C=O) groups is 1. The molecule has 4 nitrogen and oxygen atoms in total. The number of hydrogen-bond donors (Lipinski definition) is 0. The predicted molar refractivity (Wildman–Crippen MR) is 55.2 cm³/mol. The predicted octanol–water partition coefficient (Wildman–Crippen LogP) is 1.92. The molecule has 2 aromatic rings. The summed E-state index contributed by atoms with van der Waals surface area (Å²) >= 11 is 7.25. The zero-order valence-corrected chi connectivity index (χ0v) is 8.84. The number of hydrogen-bond acceptors (Lipinski definition) is 4. The molecule has 0 fully saturated rings. The number of aldehydes is 1. The van der Waals surface area contributed by atoms with Crippen molar-refractivity contribution in [1.82, 2.24) is 14.4 Å². The molecule has 2 rings (SSSR count). The van der Waals surface area contributed by atoms with Gasteiger partial charge in [-0.1, -0.05) is 23.4 Å². The lowest BCUT2D eigenvalue weighted by Gasteiger charge is -2.01. The summed E-state index contributed by atoms with van der Waals surface area (Å²) in [5.74, 6) is 0. The number of nitrogens with zero attached hydrogens (tertiary/aromatic N) is 3. The second-order valence-corrected chi connectivity index (χ2v) is 3.73. The quantitative estimate of drug-likeness (QED) is 0.340. The van der Waals surface area contributed by atoms with Gasteiger partial charge in [0, 0.05) is 6.07 Å². The second-order valence-electron chi connectivity index (χ2n) is 2.57. The topological polar surface area (TPSA) is 47.3 Å². The molecule has 0 aliphatic carbocycles. The molecule has 0 aliphatic heterocycles. The van der Waals surface area contributed by atoms with Gasteiger partial charge in [0.15, 0.2) is 11.4 Å². The third-order valence-electron chi connectivity index (χ3n) is 1.79. The van der Waals surface area contributed by atoms with Crippen LogP contribution in [0.3, 0.4) is 0 Å². The summed E-state index contributed by atoms with van der Waals surface area (Å²) in [6.07, 6.45) is 4.16. The summed E-state index contributed by atoms with van der Waals surface area (Å²) in [6.45, 7) is 0. The van der Waals surface area contributed by atoms with E-state index in [1.54, 1.807) is 16.8 Å². The molecular formula is C8H6ClN3OS. The van der Waals surface area contributed by atoms with Gasteiger partial charge in [-0.3, -0.25) is 9.20 Å². The van der Waals surface area contributed by atoms with Gasteiger partial charge >= 0.3 is 0 Å².